The van der Waals surface area contributed by atoms with Gasteiger partial charge in [0.05, 0.1) is 33.3 Å². The molecule has 0 N–H and O–H groups in total. The van der Waals surface area contributed by atoms with Gasteiger partial charge in [-0.05, 0) is 98.9 Å². The van der Waals surface area contributed by atoms with Crippen LogP contribution in [-0.2, 0) is 0 Å². The molecule has 0 unspecified atom stereocenters. The van der Waals surface area contributed by atoms with Crippen molar-refractivity contribution in [1.29, 1.82) is 0 Å². The summed E-state index contributed by atoms with van der Waals surface area (Å²) < 4.78 is 2.38. The van der Waals surface area contributed by atoms with Crippen LogP contribution in [0.5, 0.6) is 0 Å². The molecule has 12 aromatic rings. The third-order valence-corrected chi connectivity index (χ3v) is 11.7. The van der Waals surface area contributed by atoms with Crippen molar-refractivity contribution in [3.05, 3.63) is 200 Å². The number of rotatable bonds is 4. The fraction of sp³-hybridized carbons (Fsp3) is 0. The van der Waals surface area contributed by atoms with Crippen molar-refractivity contribution in [2.24, 2.45) is 0 Å². The van der Waals surface area contributed by atoms with Gasteiger partial charge < -0.3 is 4.57 Å². The summed E-state index contributed by atoms with van der Waals surface area (Å²) in [7, 11) is 0. The second kappa shape index (κ2) is 12.5. The summed E-state index contributed by atoms with van der Waals surface area (Å²) in [6.07, 6.45) is 0. The monoisotopic (exact) mass is 723 g/mol. The van der Waals surface area contributed by atoms with Crippen LogP contribution in [0.25, 0.3) is 115 Å². The molecular weight excluding hydrogens is 691 g/mol. The van der Waals surface area contributed by atoms with Crippen molar-refractivity contribution in [2.45, 2.75) is 0 Å². The lowest BCUT2D eigenvalue weighted by atomic mass is 9.95. The lowest BCUT2D eigenvalue weighted by Crippen LogP contribution is -1.94. The highest BCUT2D eigenvalue weighted by Gasteiger charge is 2.16. The summed E-state index contributed by atoms with van der Waals surface area (Å²) in [5.74, 6) is 0. The van der Waals surface area contributed by atoms with Gasteiger partial charge in [-0.15, -0.1) is 0 Å². The van der Waals surface area contributed by atoms with E-state index in [0.717, 1.165) is 49.7 Å². The Morgan fingerprint density at radius 2 is 0.912 bits per heavy atom. The first kappa shape index (κ1) is 31.7. The molecule has 12 rings (SSSR count). The van der Waals surface area contributed by atoms with E-state index in [2.05, 4.69) is 205 Å². The van der Waals surface area contributed by atoms with Crippen LogP contribution in [0.1, 0.15) is 0 Å². The molecule has 0 radical (unpaired) electrons. The average molecular weight is 724 g/mol. The van der Waals surface area contributed by atoms with Crippen molar-refractivity contribution in [1.82, 2.24) is 14.5 Å². The second-order valence-electron chi connectivity index (χ2n) is 15.0. The van der Waals surface area contributed by atoms with Gasteiger partial charge in [-0.3, -0.25) is 0 Å². The van der Waals surface area contributed by atoms with Crippen LogP contribution in [0.15, 0.2) is 200 Å². The Kier molecular flexibility index (Phi) is 6.93. The van der Waals surface area contributed by atoms with Gasteiger partial charge in [0.2, 0.25) is 0 Å². The minimum absolute atomic E-state index is 0.918. The summed E-state index contributed by atoms with van der Waals surface area (Å²) >= 11 is 0. The van der Waals surface area contributed by atoms with Crippen molar-refractivity contribution < 1.29 is 0 Å². The minimum Gasteiger partial charge on any atom is -0.309 e. The third-order valence-electron chi connectivity index (χ3n) is 11.7. The summed E-state index contributed by atoms with van der Waals surface area (Å²) in [5.41, 5.74) is 13.2. The van der Waals surface area contributed by atoms with E-state index in [-0.39, 0.29) is 0 Å². The van der Waals surface area contributed by atoms with Crippen molar-refractivity contribution in [3.8, 4) is 39.2 Å². The minimum atomic E-state index is 0.918. The molecule has 3 aromatic heterocycles. The van der Waals surface area contributed by atoms with Gasteiger partial charge in [-0.2, -0.15) is 0 Å². The SMILES string of the molecule is c1ccc(-c2c3ccccc3nc3c2ccc2ccc(-c4ccc5cc6cc(-c7cccc(-n8c9ccccc9c9ccccc98)c7)ccc6cc5c4)nc23)cc1. The molecule has 0 atom stereocenters. The van der Waals surface area contributed by atoms with E-state index in [1.54, 1.807) is 0 Å². The highest BCUT2D eigenvalue weighted by Crippen LogP contribution is 2.39. The van der Waals surface area contributed by atoms with E-state index in [1.807, 2.05) is 0 Å². The fourth-order valence-corrected chi connectivity index (χ4v) is 8.97. The highest BCUT2D eigenvalue weighted by molar-refractivity contribution is 6.16. The van der Waals surface area contributed by atoms with Gasteiger partial charge in [0.1, 0.15) is 0 Å². The highest BCUT2D eigenvalue weighted by atomic mass is 15.0. The molecule has 264 valence electrons. The van der Waals surface area contributed by atoms with E-state index in [1.165, 1.54) is 65.6 Å². The first-order chi connectivity index (χ1) is 28.2. The Labute approximate surface area is 328 Å². The van der Waals surface area contributed by atoms with Crippen molar-refractivity contribution in [3.63, 3.8) is 0 Å². The smallest absolute Gasteiger partial charge is 0.0978 e. The van der Waals surface area contributed by atoms with Crippen LogP contribution in [0, 0.1) is 0 Å². The summed E-state index contributed by atoms with van der Waals surface area (Å²) in [4.78, 5) is 10.5. The molecular formula is C54H33N3. The molecule has 3 heterocycles. The molecule has 0 saturated carbocycles. The number of benzene rings is 9. The molecule has 0 spiro atoms. The standard InChI is InChI=1S/C54H33N3/c1-2-11-34(12-3-1)52-46-17-4-7-18-49(46)56-54-47(52)27-25-35-26-28-48(55-53(35)54)40-24-23-39-30-41-29-37(21-22-38(41)31-42(39)32-40)36-13-10-14-43(33-36)57-50-19-8-5-15-44(50)45-16-6-9-20-51(45)57/h1-33H. The Morgan fingerprint density at radius 1 is 0.316 bits per heavy atom. The van der Waals surface area contributed by atoms with Gasteiger partial charge in [0.25, 0.3) is 0 Å². The first-order valence-electron chi connectivity index (χ1n) is 19.5. The van der Waals surface area contributed by atoms with Gasteiger partial charge in [-0.1, -0.05) is 140 Å². The molecule has 3 heteroatoms. The molecule has 0 fully saturated rings. The summed E-state index contributed by atoms with van der Waals surface area (Å²) in [6.45, 7) is 0. The van der Waals surface area contributed by atoms with Gasteiger partial charge in [0, 0.05) is 43.7 Å². The quantitative estimate of drug-likeness (QED) is 0.134. The van der Waals surface area contributed by atoms with E-state index in [9.17, 15) is 0 Å². The molecule has 0 bridgehead atoms. The molecule has 57 heavy (non-hydrogen) atoms. The van der Waals surface area contributed by atoms with E-state index in [4.69, 9.17) is 9.97 Å². The van der Waals surface area contributed by atoms with Crippen LogP contribution < -0.4 is 0 Å². The zero-order valence-corrected chi connectivity index (χ0v) is 30.9. The number of para-hydroxylation sites is 3. The molecule has 9 aromatic carbocycles. The topological polar surface area (TPSA) is 30.7 Å². The third kappa shape index (κ3) is 5.06. The predicted octanol–water partition coefficient (Wildman–Crippen LogP) is 14.3. The zero-order valence-electron chi connectivity index (χ0n) is 30.9. The molecule has 3 nitrogen and oxygen atoms in total. The van der Waals surface area contributed by atoms with E-state index < -0.39 is 0 Å². The summed E-state index contributed by atoms with van der Waals surface area (Å²) in [5, 5.41) is 10.7. The van der Waals surface area contributed by atoms with E-state index in [0.29, 0.717) is 0 Å². The van der Waals surface area contributed by atoms with Gasteiger partial charge in [-0.25, -0.2) is 9.97 Å². The Balaban J connectivity index is 0.939. The molecule has 0 aliphatic rings. The Morgan fingerprint density at radius 3 is 1.68 bits per heavy atom. The first-order valence-corrected chi connectivity index (χ1v) is 19.5. The summed E-state index contributed by atoms with van der Waals surface area (Å²) in [6, 6.07) is 72.2. The lowest BCUT2D eigenvalue weighted by molar-refractivity contribution is 1.18. The number of hydrogen-bond acceptors (Lipinski definition) is 2. The number of hydrogen-bond donors (Lipinski definition) is 0. The Hall–Kier alpha value is -7.62. The molecule has 0 aliphatic heterocycles. The maximum absolute atomic E-state index is 5.32. The molecule has 0 amide bonds. The van der Waals surface area contributed by atoms with Gasteiger partial charge in [0.15, 0.2) is 0 Å². The number of fused-ring (bicyclic) bond motifs is 9. The average Bonchev–Trinajstić information content (AvgIpc) is 3.61. The molecule has 0 aliphatic carbocycles. The van der Waals surface area contributed by atoms with Crippen LogP contribution in [-0.4, -0.2) is 14.5 Å². The lowest BCUT2D eigenvalue weighted by Gasteiger charge is -2.13. The predicted molar refractivity (Wildman–Crippen MR) is 240 cm³/mol. The van der Waals surface area contributed by atoms with Crippen LogP contribution >= 0.6 is 0 Å². The number of pyridine rings is 2. The van der Waals surface area contributed by atoms with Crippen molar-refractivity contribution >= 4 is 76.1 Å². The molecule has 0 saturated heterocycles. The largest absolute Gasteiger partial charge is 0.309 e. The van der Waals surface area contributed by atoms with Crippen molar-refractivity contribution in [2.75, 3.05) is 0 Å². The normalized spacial score (nSPS) is 11.9. The maximum atomic E-state index is 5.32. The number of nitrogens with zero attached hydrogens (tertiary/aromatic N) is 3. The van der Waals surface area contributed by atoms with Crippen LogP contribution in [0.3, 0.4) is 0 Å². The van der Waals surface area contributed by atoms with Crippen LogP contribution in [0.4, 0.5) is 0 Å². The van der Waals surface area contributed by atoms with Crippen LogP contribution in [0.2, 0.25) is 0 Å². The Bertz CT molecular complexity index is 3530. The zero-order chi connectivity index (χ0) is 37.5. The maximum Gasteiger partial charge on any atom is 0.0978 e. The van der Waals surface area contributed by atoms with Gasteiger partial charge >= 0.3 is 0 Å². The van der Waals surface area contributed by atoms with E-state index >= 15 is 0 Å². The second-order valence-corrected chi connectivity index (χ2v) is 15.0. The fourth-order valence-electron chi connectivity index (χ4n) is 8.97. The number of aromatic nitrogens is 3.